The third-order valence-corrected chi connectivity index (χ3v) is 5.83. The summed E-state index contributed by atoms with van der Waals surface area (Å²) < 4.78 is 40.0. The average Bonchev–Trinajstić information content (AvgIpc) is 3.27. The van der Waals surface area contributed by atoms with Gasteiger partial charge in [-0.2, -0.15) is 9.97 Å². The van der Waals surface area contributed by atoms with Crippen molar-refractivity contribution < 1.29 is 37.7 Å². The topological polar surface area (TPSA) is 153 Å². The zero-order chi connectivity index (χ0) is 27.4. The highest BCUT2D eigenvalue weighted by molar-refractivity contribution is 5.88. The number of hydrogen-bond donors (Lipinski definition) is 1. The van der Waals surface area contributed by atoms with Crippen LogP contribution in [0.4, 0.5) is 10.3 Å². The van der Waals surface area contributed by atoms with Gasteiger partial charge in [-0.25, -0.2) is 13.8 Å². The van der Waals surface area contributed by atoms with Crippen LogP contribution in [0.15, 0.2) is 4.79 Å². The number of aryl methyl sites for hydroxylation is 1. The number of alkyl halides is 1. The molecule has 0 bridgehead atoms. The molecule has 1 aliphatic heterocycles. The molecule has 0 aromatic carbocycles. The van der Waals surface area contributed by atoms with Crippen LogP contribution < -0.4 is 15.7 Å². The number of unbranched alkanes of at least 4 members (excludes halogenated alkanes) is 1. The van der Waals surface area contributed by atoms with E-state index in [1.54, 1.807) is 6.92 Å². The lowest BCUT2D eigenvalue weighted by Crippen LogP contribution is -2.39. The molecule has 1 amide bonds. The highest BCUT2D eigenvalue weighted by Gasteiger charge is 2.53. The predicted octanol–water partition coefficient (Wildman–Crippen LogP) is 1.87. The number of carbonyl (C=O) groups is 3. The molecule has 1 fully saturated rings. The van der Waals surface area contributed by atoms with Crippen LogP contribution in [0.5, 0.6) is 5.88 Å². The number of hydrogen-bond acceptors (Lipinski definition) is 10. The van der Waals surface area contributed by atoms with Gasteiger partial charge in [-0.1, -0.05) is 20.3 Å². The first-order chi connectivity index (χ1) is 17.5. The Hall–Kier alpha value is -3.55. The maximum absolute atomic E-state index is 15.7. The van der Waals surface area contributed by atoms with Crippen molar-refractivity contribution in [1.82, 2.24) is 19.1 Å². The summed E-state index contributed by atoms with van der Waals surface area (Å²) in [4.78, 5) is 57.4. The first kappa shape index (κ1) is 28.0. The number of amides is 1. The van der Waals surface area contributed by atoms with Gasteiger partial charge in [0.15, 0.2) is 29.7 Å². The Bertz CT molecular complexity index is 1230. The first-order valence-corrected chi connectivity index (χ1v) is 12.0. The molecule has 37 heavy (non-hydrogen) atoms. The molecular formula is C23H32FN5O8. The molecule has 1 saturated heterocycles. The Morgan fingerprint density at radius 1 is 1.16 bits per heavy atom. The van der Waals surface area contributed by atoms with E-state index < -0.39 is 54.2 Å². The van der Waals surface area contributed by atoms with E-state index in [9.17, 15) is 19.2 Å². The summed E-state index contributed by atoms with van der Waals surface area (Å²) >= 11 is 0. The van der Waals surface area contributed by atoms with Crippen molar-refractivity contribution in [3.05, 3.63) is 10.5 Å². The number of aromatic nitrogens is 4. The number of nitrogens with one attached hydrogen (secondary N) is 1. The molecule has 1 N–H and O–H groups in total. The summed E-state index contributed by atoms with van der Waals surface area (Å²) in [5.74, 6) is -2.05. The van der Waals surface area contributed by atoms with Gasteiger partial charge in [-0.3, -0.25) is 24.3 Å². The zero-order valence-corrected chi connectivity index (χ0v) is 21.6. The second-order valence-corrected chi connectivity index (χ2v) is 8.63. The Kier molecular flexibility index (Phi) is 8.84. The number of halogens is 1. The smallest absolute Gasteiger partial charge is 0.332 e. The summed E-state index contributed by atoms with van der Waals surface area (Å²) in [7, 11) is 1.34. The van der Waals surface area contributed by atoms with Crippen LogP contribution >= 0.6 is 0 Å². The number of esters is 2. The summed E-state index contributed by atoms with van der Waals surface area (Å²) in [6.07, 6.45) is -5.69. The van der Waals surface area contributed by atoms with Gasteiger partial charge in [0.05, 0.1) is 7.11 Å². The monoisotopic (exact) mass is 525 g/mol. The zero-order valence-electron chi connectivity index (χ0n) is 21.6. The fourth-order valence-corrected chi connectivity index (χ4v) is 4.32. The molecular weight excluding hydrogens is 493 g/mol. The fourth-order valence-electron chi connectivity index (χ4n) is 4.32. The highest BCUT2D eigenvalue weighted by Crippen LogP contribution is 2.38. The maximum atomic E-state index is 15.7. The maximum Gasteiger partial charge on any atom is 0.332 e. The van der Waals surface area contributed by atoms with Crippen LogP contribution in [-0.2, 0) is 35.1 Å². The number of ether oxygens (including phenoxy) is 4. The predicted molar refractivity (Wildman–Crippen MR) is 128 cm³/mol. The molecule has 2 aromatic heterocycles. The van der Waals surface area contributed by atoms with Crippen molar-refractivity contribution in [2.75, 3.05) is 12.4 Å². The van der Waals surface area contributed by atoms with Crippen LogP contribution in [0, 0.1) is 0 Å². The SMILES string of the molecule is CCCCn1c(=O)n([C@@H]2O[C@H](C(CC)OC(C)=O)[C@H](F)[C@H]2OC(C)=O)c2nc(NC(C)=O)nc(OC)c21. The second-order valence-electron chi connectivity index (χ2n) is 8.63. The van der Waals surface area contributed by atoms with Crippen LogP contribution in [0.1, 0.15) is 60.1 Å². The minimum atomic E-state index is -1.93. The number of nitrogens with zero attached hydrogens (tertiary/aromatic N) is 4. The first-order valence-electron chi connectivity index (χ1n) is 12.0. The molecule has 3 rings (SSSR count). The highest BCUT2D eigenvalue weighted by atomic mass is 19.1. The lowest BCUT2D eigenvalue weighted by molar-refractivity contribution is -0.159. The van der Waals surface area contributed by atoms with Crippen molar-refractivity contribution >= 4 is 35.0 Å². The van der Waals surface area contributed by atoms with Gasteiger partial charge in [0.25, 0.3) is 0 Å². The van der Waals surface area contributed by atoms with Crippen LogP contribution in [0.25, 0.3) is 11.2 Å². The Balaban J connectivity index is 2.26. The molecule has 1 aliphatic rings. The number of rotatable bonds is 10. The second kappa shape index (κ2) is 11.7. The van der Waals surface area contributed by atoms with Crippen molar-refractivity contribution in [2.45, 2.75) is 91.1 Å². The standard InChI is InChI=1S/C23H32FN5O8/c1-7-9-10-28-16-19(26-22(25-11(3)30)27-20(16)34-6)29(23(28)33)21-18(36-13(5)32)15(24)17(37-21)14(8-2)35-12(4)31/h14-15,17-18,21H,7-10H2,1-6H3,(H,25,26,27,30)/t14?,15-,17+,18+,21+/m0/s1. The Labute approximate surface area is 212 Å². The largest absolute Gasteiger partial charge is 0.479 e. The molecule has 2 aromatic rings. The van der Waals surface area contributed by atoms with Gasteiger partial charge >= 0.3 is 17.6 Å². The molecule has 14 heteroatoms. The Morgan fingerprint density at radius 2 is 1.86 bits per heavy atom. The number of carbonyl (C=O) groups excluding carboxylic acids is 3. The molecule has 13 nitrogen and oxygen atoms in total. The third kappa shape index (κ3) is 5.73. The van der Waals surface area contributed by atoms with E-state index >= 15 is 4.39 Å². The van der Waals surface area contributed by atoms with Crippen LogP contribution in [0.3, 0.4) is 0 Å². The van der Waals surface area contributed by atoms with E-state index in [-0.39, 0.29) is 36.0 Å². The van der Waals surface area contributed by atoms with E-state index in [1.165, 1.54) is 25.5 Å². The number of anilines is 1. The lowest BCUT2D eigenvalue weighted by atomic mass is 10.0. The number of imidazole rings is 1. The van der Waals surface area contributed by atoms with Gasteiger partial charge in [-0.05, 0) is 12.8 Å². The summed E-state index contributed by atoms with van der Waals surface area (Å²) in [6, 6.07) is 0. The Morgan fingerprint density at radius 3 is 2.41 bits per heavy atom. The summed E-state index contributed by atoms with van der Waals surface area (Å²) in [5.41, 5.74) is -0.454. The molecule has 204 valence electrons. The molecule has 5 atom stereocenters. The summed E-state index contributed by atoms with van der Waals surface area (Å²) in [5, 5.41) is 2.45. The van der Waals surface area contributed by atoms with E-state index in [4.69, 9.17) is 18.9 Å². The minimum absolute atomic E-state index is 0.00225. The third-order valence-electron chi connectivity index (χ3n) is 5.83. The molecule has 0 radical (unpaired) electrons. The molecule has 0 spiro atoms. The quantitative estimate of drug-likeness (QED) is 0.455. The van der Waals surface area contributed by atoms with E-state index in [0.29, 0.717) is 6.42 Å². The van der Waals surface area contributed by atoms with Crippen molar-refractivity contribution in [2.24, 2.45) is 0 Å². The van der Waals surface area contributed by atoms with Gasteiger partial charge in [-0.15, -0.1) is 0 Å². The van der Waals surface area contributed by atoms with Gasteiger partial charge in [0.2, 0.25) is 17.7 Å². The fraction of sp³-hybridized carbons (Fsp3) is 0.652. The summed E-state index contributed by atoms with van der Waals surface area (Å²) in [6.45, 7) is 7.43. The normalized spacial score (nSPS) is 22.0. The van der Waals surface area contributed by atoms with Crippen LogP contribution in [0.2, 0.25) is 0 Å². The van der Waals surface area contributed by atoms with E-state index in [1.807, 2.05) is 6.92 Å². The lowest BCUT2D eigenvalue weighted by Gasteiger charge is -2.23. The average molecular weight is 526 g/mol. The van der Waals surface area contributed by atoms with Gasteiger partial charge in [0.1, 0.15) is 12.2 Å². The minimum Gasteiger partial charge on any atom is -0.479 e. The molecule has 3 heterocycles. The van der Waals surface area contributed by atoms with Gasteiger partial charge in [0, 0.05) is 27.3 Å². The van der Waals surface area contributed by atoms with E-state index in [2.05, 4.69) is 15.3 Å². The van der Waals surface area contributed by atoms with Crippen LogP contribution in [-0.4, -0.2) is 68.5 Å². The molecule has 0 aliphatic carbocycles. The van der Waals surface area contributed by atoms with Crippen molar-refractivity contribution in [3.8, 4) is 5.88 Å². The van der Waals surface area contributed by atoms with Crippen molar-refractivity contribution in [3.63, 3.8) is 0 Å². The van der Waals surface area contributed by atoms with E-state index in [0.717, 1.165) is 17.9 Å². The number of methoxy groups -OCH3 is 1. The molecule has 1 unspecified atom stereocenters. The van der Waals surface area contributed by atoms with Crippen molar-refractivity contribution in [1.29, 1.82) is 0 Å². The number of fused-ring (bicyclic) bond motifs is 1. The molecule has 0 saturated carbocycles. The van der Waals surface area contributed by atoms with Gasteiger partial charge < -0.3 is 18.9 Å².